The topological polar surface area (TPSA) is 41.5 Å². The van der Waals surface area contributed by atoms with E-state index in [1.165, 1.54) is 0 Å². The minimum Gasteiger partial charge on any atom is -0.494 e. The van der Waals surface area contributed by atoms with Gasteiger partial charge in [-0.05, 0) is 30.0 Å². The van der Waals surface area contributed by atoms with Crippen molar-refractivity contribution in [3.8, 4) is 5.75 Å². The molecule has 5 heteroatoms. The van der Waals surface area contributed by atoms with Gasteiger partial charge < -0.3 is 15.2 Å². The van der Waals surface area contributed by atoms with E-state index in [1.54, 1.807) is 0 Å². The molecule has 20 heavy (non-hydrogen) atoms. The van der Waals surface area contributed by atoms with Crippen LogP contribution in [0, 0.1) is 5.92 Å². The van der Waals surface area contributed by atoms with Crippen LogP contribution in [0.25, 0.3) is 0 Å². The molecule has 0 aromatic heterocycles. The van der Waals surface area contributed by atoms with E-state index in [0.29, 0.717) is 19.1 Å². The first-order valence-electron chi connectivity index (χ1n) is 6.87. The highest BCUT2D eigenvalue weighted by atomic mass is 19.3. The monoisotopic (exact) mass is 287 g/mol. The van der Waals surface area contributed by atoms with Gasteiger partial charge in [0, 0.05) is 13.1 Å². The fourth-order valence-corrected chi connectivity index (χ4v) is 1.57. The van der Waals surface area contributed by atoms with Crippen LogP contribution >= 0.6 is 0 Å². The van der Waals surface area contributed by atoms with Crippen molar-refractivity contribution in [2.45, 2.75) is 39.3 Å². The molecule has 0 amide bonds. The first kappa shape index (κ1) is 16.9. The van der Waals surface area contributed by atoms with Gasteiger partial charge in [0.15, 0.2) is 0 Å². The molecule has 0 fully saturated rings. The summed E-state index contributed by atoms with van der Waals surface area (Å²) < 4.78 is 29.7. The molecule has 1 rings (SSSR count). The normalized spacial score (nSPS) is 12.9. The molecule has 1 aromatic carbocycles. The van der Waals surface area contributed by atoms with E-state index in [1.807, 2.05) is 24.3 Å². The number of hydrogen-bond acceptors (Lipinski definition) is 3. The van der Waals surface area contributed by atoms with Gasteiger partial charge in [0.2, 0.25) is 0 Å². The molecule has 1 unspecified atom stereocenters. The number of ether oxygens (including phenoxy) is 1. The van der Waals surface area contributed by atoms with Crippen LogP contribution in [-0.4, -0.2) is 30.8 Å². The van der Waals surface area contributed by atoms with Gasteiger partial charge >= 0.3 is 0 Å². The van der Waals surface area contributed by atoms with Crippen LogP contribution in [0.3, 0.4) is 0 Å². The lowest BCUT2D eigenvalue weighted by Gasteiger charge is -2.11. The first-order chi connectivity index (χ1) is 9.49. The maximum absolute atomic E-state index is 12.1. The van der Waals surface area contributed by atoms with Gasteiger partial charge in [-0.1, -0.05) is 26.0 Å². The average molecular weight is 287 g/mol. The second-order valence-electron chi connectivity index (χ2n) is 5.21. The smallest absolute Gasteiger partial charge is 0.265 e. The highest BCUT2D eigenvalue weighted by Crippen LogP contribution is 2.13. The molecular formula is C15H23F2NO2. The van der Waals surface area contributed by atoms with Crippen molar-refractivity contribution in [2.24, 2.45) is 5.92 Å². The molecule has 1 aromatic rings. The van der Waals surface area contributed by atoms with Crippen molar-refractivity contribution in [3.05, 3.63) is 29.8 Å². The number of benzene rings is 1. The first-order valence-corrected chi connectivity index (χ1v) is 6.87. The summed E-state index contributed by atoms with van der Waals surface area (Å²) in [5.41, 5.74) is 0.961. The molecule has 2 N–H and O–H groups in total. The van der Waals surface area contributed by atoms with Crippen LogP contribution in [0.2, 0.25) is 0 Å². The van der Waals surface area contributed by atoms with E-state index in [4.69, 9.17) is 9.84 Å². The molecule has 0 aliphatic heterocycles. The molecule has 0 bridgehead atoms. The SMILES string of the molecule is CC(C)CCOc1ccc(CNCC(O)C(F)F)cc1. The quantitative estimate of drug-likeness (QED) is 0.734. The van der Waals surface area contributed by atoms with Crippen molar-refractivity contribution >= 4 is 0 Å². The van der Waals surface area contributed by atoms with Crippen LogP contribution in [0.4, 0.5) is 8.78 Å². The van der Waals surface area contributed by atoms with E-state index in [0.717, 1.165) is 17.7 Å². The predicted molar refractivity (Wildman–Crippen MR) is 75.1 cm³/mol. The zero-order valence-electron chi connectivity index (χ0n) is 12.0. The maximum Gasteiger partial charge on any atom is 0.265 e. The van der Waals surface area contributed by atoms with Crippen LogP contribution in [0.5, 0.6) is 5.75 Å². The lowest BCUT2D eigenvalue weighted by Crippen LogP contribution is -2.31. The van der Waals surface area contributed by atoms with Crippen molar-refractivity contribution in [2.75, 3.05) is 13.2 Å². The molecule has 0 aliphatic carbocycles. The number of hydrogen-bond donors (Lipinski definition) is 2. The summed E-state index contributed by atoms with van der Waals surface area (Å²) in [7, 11) is 0. The van der Waals surface area contributed by atoms with Crippen LogP contribution in [0.15, 0.2) is 24.3 Å². The molecule has 3 nitrogen and oxygen atoms in total. The van der Waals surface area contributed by atoms with Gasteiger partial charge in [-0.2, -0.15) is 0 Å². The molecule has 0 spiro atoms. The molecule has 0 radical (unpaired) electrons. The molecule has 0 saturated carbocycles. The molecule has 1 atom stereocenters. The summed E-state index contributed by atoms with van der Waals surface area (Å²) in [5, 5.41) is 11.7. The van der Waals surface area contributed by atoms with Gasteiger partial charge in [-0.25, -0.2) is 8.78 Å². The average Bonchev–Trinajstić information content (AvgIpc) is 2.40. The second-order valence-corrected chi connectivity index (χ2v) is 5.21. The molecular weight excluding hydrogens is 264 g/mol. The van der Waals surface area contributed by atoms with Crippen LogP contribution in [0.1, 0.15) is 25.8 Å². The van der Waals surface area contributed by atoms with Gasteiger partial charge in [-0.3, -0.25) is 0 Å². The Hall–Kier alpha value is -1.20. The molecule has 0 aliphatic rings. The lowest BCUT2D eigenvalue weighted by atomic mass is 10.1. The minimum absolute atomic E-state index is 0.121. The highest BCUT2D eigenvalue weighted by Gasteiger charge is 2.15. The zero-order valence-corrected chi connectivity index (χ0v) is 12.0. The summed E-state index contributed by atoms with van der Waals surface area (Å²) in [6, 6.07) is 7.49. The Balaban J connectivity index is 2.28. The standard InChI is InChI=1S/C15H23F2NO2/c1-11(2)7-8-20-13-5-3-12(4-6-13)9-18-10-14(19)15(16)17/h3-6,11,14-15,18-19H,7-10H2,1-2H3. The van der Waals surface area contributed by atoms with Crippen molar-refractivity contribution in [1.82, 2.24) is 5.32 Å². The predicted octanol–water partition coefficient (Wildman–Crippen LogP) is 2.83. The molecule has 0 saturated heterocycles. The third-order valence-electron chi connectivity index (χ3n) is 2.86. The fraction of sp³-hybridized carbons (Fsp3) is 0.600. The summed E-state index contributed by atoms with van der Waals surface area (Å²) >= 11 is 0. The Labute approximate surface area is 119 Å². The number of aliphatic hydroxyl groups excluding tert-OH is 1. The maximum atomic E-state index is 12.1. The zero-order chi connectivity index (χ0) is 15.0. The molecule has 0 heterocycles. The second kappa shape index (κ2) is 8.87. The number of alkyl halides is 2. The molecule has 114 valence electrons. The van der Waals surface area contributed by atoms with Crippen LogP contribution < -0.4 is 10.1 Å². The minimum atomic E-state index is -2.71. The Bertz CT molecular complexity index is 369. The Morgan fingerprint density at radius 2 is 1.85 bits per heavy atom. The number of halogens is 2. The van der Waals surface area contributed by atoms with Crippen LogP contribution in [-0.2, 0) is 6.54 Å². The summed E-state index contributed by atoms with van der Waals surface area (Å²) in [6.45, 7) is 5.30. The van der Waals surface area contributed by atoms with Crippen molar-refractivity contribution < 1.29 is 18.6 Å². The number of aliphatic hydroxyl groups is 1. The van der Waals surface area contributed by atoms with Crippen molar-refractivity contribution in [1.29, 1.82) is 0 Å². The lowest BCUT2D eigenvalue weighted by molar-refractivity contribution is -0.00340. The largest absolute Gasteiger partial charge is 0.494 e. The summed E-state index contributed by atoms with van der Waals surface area (Å²) in [6.07, 6.45) is -3.32. The summed E-state index contributed by atoms with van der Waals surface area (Å²) in [5.74, 6) is 1.42. The van der Waals surface area contributed by atoms with Gasteiger partial charge in [-0.15, -0.1) is 0 Å². The third-order valence-corrected chi connectivity index (χ3v) is 2.86. The highest BCUT2D eigenvalue weighted by molar-refractivity contribution is 5.27. The van der Waals surface area contributed by atoms with Gasteiger partial charge in [0.05, 0.1) is 6.61 Å². The number of rotatable bonds is 9. The Kier molecular flexibility index (Phi) is 7.47. The Morgan fingerprint density at radius 3 is 2.40 bits per heavy atom. The van der Waals surface area contributed by atoms with E-state index >= 15 is 0 Å². The van der Waals surface area contributed by atoms with E-state index in [9.17, 15) is 8.78 Å². The van der Waals surface area contributed by atoms with Gasteiger partial charge in [0.1, 0.15) is 11.9 Å². The van der Waals surface area contributed by atoms with E-state index in [-0.39, 0.29) is 6.54 Å². The van der Waals surface area contributed by atoms with E-state index in [2.05, 4.69) is 19.2 Å². The Morgan fingerprint density at radius 1 is 1.20 bits per heavy atom. The number of nitrogens with one attached hydrogen (secondary N) is 1. The third kappa shape index (κ3) is 6.82. The summed E-state index contributed by atoms with van der Waals surface area (Å²) in [4.78, 5) is 0. The van der Waals surface area contributed by atoms with Crippen molar-refractivity contribution in [3.63, 3.8) is 0 Å². The van der Waals surface area contributed by atoms with Gasteiger partial charge in [0.25, 0.3) is 6.43 Å². The fourth-order valence-electron chi connectivity index (χ4n) is 1.57. The van der Waals surface area contributed by atoms with E-state index < -0.39 is 12.5 Å².